The first-order valence-electron chi connectivity index (χ1n) is 5.36. The second-order valence-electron chi connectivity index (χ2n) is 4.36. The minimum Gasteiger partial charge on any atom is -0.324 e. The second-order valence-corrected chi connectivity index (χ2v) is 5.22. The zero-order valence-corrected chi connectivity index (χ0v) is 9.88. The van der Waals surface area contributed by atoms with E-state index in [9.17, 15) is 4.79 Å². The van der Waals surface area contributed by atoms with Gasteiger partial charge in [-0.3, -0.25) is 4.79 Å². The number of carbonyl (C=O) groups excluding carboxylic acids is 1. The highest BCUT2D eigenvalue weighted by Gasteiger charge is 2.39. The monoisotopic (exact) mass is 265 g/mol. The van der Waals surface area contributed by atoms with Crippen LogP contribution in [0.25, 0.3) is 0 Å². The zero-order valence-electron chi connectivity index (χ0n) is 8.29. The molecule has 0 radical (unpaired) electrons. The van der Waals surface area contributed by atoms with Crippen LogP contribution in [0.15, 0.2) is 22.7 Å². The number of fused-ring (bicyclic) bond motifs is 1. The summed E-state index contributed by atoms with van der Waals surface area (Å²) in [5.74, 6) is 0.855. The summed E-state index contributed by atoms with van der Waals surface area (Å²) in [4.78, 5) is 11.9. The molecule has 1 saturated carbocycles. The van der Waals surface area contributed by atoms with Gasteiger partial charge in [-0.25, -0.2) is 0 Å². The standard InChI is InChI=1S/C12H12BrNO/c13-9-6-2-5-8-10(7-3-1-4-7)12(15)14-11(8)9/h2,5-7,10H,1,3-4H2,(H,14,15). The van der Waals surface area contributed by atoms with Crippen molar-refractivity contribution in [1.29, 1.82) is 0 Å². The van der Waals surface area contributed by atoms with Gasteiger partial charge in [0.25, 0.3) is 0 Å². The maximum atomic E-state index is 11.9. The van der Waals surface area contributed by atoms with Gasteiger partial charge in [-0.05, 0) is 46.3 Å². The van der Waals surface area contributed by atoms with Crippen LogP contribution in [0.4, 0.5) is 5.69 Å². The molecule has 1 aromatic rings. The molecule has 1 aliphatic carbocycles. The first-order chi connectivity index (χ1) is 7.27. The Morgan fingerprint density at radius 3 is 2.80 bits per heavy atom. The number of carbonyl (C=O) groups is 1. The SMILES string of the molecule is O=C1Nc2c(Br)cccc2C1C1CCC1. The second kappa shape index (κ2) is 3.34. The molecule has 1 aliphatic heterocycles. The van der Waals surface area contributed by atoms with Crippen LogP contribution in [0.2, 0.25) is 0 Å². The lowest BCUT2D eigenvalue weighted by Crippen LogP contribution is -2.25. The van der Waals surface area contributed by atoms with Gasteiger partial charge in [-0.1, -0.05) is 18.6 Å². The molecule has 1 fully saturated rings. The molecule has 78 valence electrons. The lowest BCUT2D eigenvalue weighted by Gasteiger charge is -2.29. The van der Waals surface area contributed by atoms with E-state index in [1.807, 2.05) is 12.1 Å². The van der Waals surface area contributed by atoms with E-state index in [0.29, 0.717) is 5.92 Å². The van der Waals surface area contributed by atoms with E-state index < -0.39 is 0 Å². The Hall–Kier alpha value is -0.830. The minimum absolute atomic E-state index is 0.103. The fourth-order valence-corrected chi connectivity index (χ4v) is 3.00. The number of hydrogen-bond donors (Lipinski definition) is 1. The van der Waals surface area contributed by atoms with Crippen molar-refractivity contribution >= 4 is 27.5 Å². The molecule has 1 amide bonds. The lowest BCUT2D eigenvalue weighted by molar-refractivity contribution is -0.118. The highest BCUT2D eigenvalue weighted by molar-refractivity contribution is 9.10. The third-order valence-electron chi connectivity index (χ3n) is 3.53. The van der Waals surface area contributed by atoms with Crippen molar-refractivity contribution in [3.05, 3.63) is 28.2 Å². The molecule has 1 unspecified atom stereocenters. The maximum absolute atomic E-state index is 11.9. The quantitative estimate of drug-likeness (QED) is 0.830. The molecule has 1 N–H and O–H groups in total. The average Bonchev–Trinajstić information content (AvgIpc) is 2.44. The summed E-state index contributed by atoms with van der Waals surface area (Å²) >= 11 is 3.48. The Balaban J connectivity index is 2.05. The Morgan fingerprint density at radius 1 is 1.33 bits per heavy atom. The van der Waals surface area contributed by atoms with Gasteiger partial charge in [-0.15, -0.1) is 0 Å². The van der Waals surface area contributed by atoms with Crippen molar-refractivity contribution in [1.82, 2.24) is 0 Å². The molecule has 2 nitrogen and oxygen atoms in total. The number of nitrogens with one attached hydrogen (secondary N) is 1. The summed E-state index contributed by atoms with van der Waals surface area (Å²) in [5.41, 5.74) is 2.17. The van der Waals surface area contributed by atoms with Gasteiger partial charge >= 0.3 is 0 Å². The molecule has 0 aromatic heterocycles. The van der Waals surface area contributed by atoms with Crippen molar-refractivity contribution in [3.8, 4) is 0 Å². The van der Waals surface area contributed by atoms with Crippen molar-refractivity contribution in [2.75, 3.05) is 5.32 Å². The van der Waals surface area contributed by atoms with Crippen molar-refractivity contribution in [2.24, 2.45) is 5.92 Å². The number of halogens is 1. The van der Waals surface area contributed by atoms with Gasteiger partial charge in [0.15, 0.2) is 0 Å². The van der Waals surface area contributed by atoms with E-state index in [2.05, 4.69) is 27.3 Å². The summed E-state index contributed by atoms with van der Waals surface area (Å²) in [6.07, 6.45) is 3.67. The van der Waals surface area contributed by atoms with Crippen LogP contribution < -0.4 is 5.32 Å². The molecule has 1 aromatic carbocycles. The highest BCUT2D eigenvalue weighted by Crippen LogP contribution is 2.47. The Labute approximate surface area is 97.2 Å². The molecule has 0 spiro atoms. The van der Waals surface area contributed by atoms with Crippen LogP contribution in [0.3, 0.4) is 0 Å². The van der Waals surface area contributed by atoms with Gasteiger partial charge in [0.05, 0.1) is 11.6 Å². The van der Waals surface area contributed by atoms with Gasteiger partial charge in [0, 0.05) is 4.47 Å². The lowest BCUT2D eigenvalue weighted by atomic mass is 9.73. The van der Waals surface area contributed by atoms with Crippen LogP contribution in [-0.4, -0.2) is 5.91 Å². The van der Waals surface area contributed by atoms with Gasteiger partial charge in [0.2, 0.25) is 5.91 Å². The number of para-hydroxylation sites is 1. The molecule has 1 heterocycles. The van der Waals surface area contributed by atoms with Crippen LogP contribution >= 0.6 is 15.9 Å². The normalized spacial score (nSPS) is 24.6. The van der Waals surface area contributed by atoms with Gasteiger partial charge in [-0.2, -0.15) is 0 Å². The van der Waals surface area contributed by atoms with Gasteiger partial charge < -0.3 is 5.32 Å². The predicted molar refractivity (Wildman–Crippen MR) is 62.9 cm³/mol. The molecule has 2 aliphatic rings. The van der Waals surface area contributed by atoms with E-state index >= 15 is 0 Å². The van der Waals surface area contributed by atoms with Gasteiger partial charge in [0.1, 0.15) is 0 Å². The van der Waals surface area contributed by atoms with Crippen molar-refractivity contribution in [2.45, 2.75) is 25.2 Å². The van der Waals surface area contributed by atoms with Crippen LogP contribution in [0.1, 0.15) is 30.7 Å². The summed E-state index contributed by atoms with van der Waals surface area (Å²) in [5, 5.41) is 2.98. The Kier molecular flexibility index (Phi) is 2.09. The molecule has 15 heavy (non-hydrogen) atoms. The number of hydrogen-bond acceptors (Lipinski definition) is 1. The fourth-order valence-electron chi connectivity index (χ4n) is 2.52. The minimum atomic E-state index is 0.103. The predicted octanol–water partition coefficient (Wildman–Crippen LogP) is 3.28. The Bertz CT molecular complexity index is 426. The largest absolute Gasteiger partial charge is 0.324 e. The Morgan fingerprint density at radius 2 is 2.13 bits per heavy atom. The molecular weight excluding hydrogens is 254 g/mol. The molecule has 3 heteroatoms. The summed E-state index contributed by atoms with van der Waals surface area (Å²) in [7, 11) is 0. The fraction of sp³-hybridized carbons (Fsp3) is 0.417. The summed E-state index contributed by atoms with van der Waals surface area (Å²) in [6, 6.07) is 6.05. The zero-order chi connectivity index (χ0) is 10.4. The molecule has 0 saturated heterocycles. The van der Waals surface area contributed by atoms with Crippen LogP contribution in [0.5, 0.6) is 0 Å². The molecule has 1 atom stereocenters. The summed E-state index contributed by atoms with van der Waals surface area (Å²) < 4.78 is 0.996. The topological polar surface area (TPSA) is 29.1 Å². The van der Waals surface area contributed by atoms with Crippen LogP contribution in [-0.2, 0) is 4.79 Å². The smallest absolute Gasteiger partial charge is 0.232 e. The number of benzene rings is 1. The third kappa shape index (κ3) is 1.33. The first kappa shape index (κ1) is 9.40. The van der Waals surface area contributed by atoms with E-state index in [-0.39, 0.29) is 11.8 Å². The number of anilines is 1. The van der Waals surface area contributed by atoms with Crippen molar-refractivity contribution < 1.29 is 4.79 Å². The summed E-state index contributed by atoms with van der Waals surface area (Å²) in [6.45, 7) is 0. The maximum Gasteiger partial charge on any atom is 0.232 e. The number of rotatable bonds is 1. The van der Waals surface area contributed by atoms with E-state index in [0.717, 1.165) is 10.2 Å². The first-order valence-corrected chi connectivity index (χ1v) is 6.16. The molecular formula is C12H12BrNO. The molecule has 3 rings (SSSR count). The molecule has 0 bridgehead atoms. The number of amides is 1. The van der Waals surface area contributed by atoms with E-state index in [1.165, 1.54) is 24.8 Å². The van der Waals surface area contributed by atoms with Crippen molar-refractivity contribution in [3.63, 3.8) is 0 Å². The third-order valence-corrected chi connectivity index (χ3v) is 4.19. The highest BCUT2D eigenvalue weighted by atomic mass is 79.9. The van der Waals surface area contributed by atoms with Crippen LogP contribution in [0, 0.1) is 5.92 Å². The average molecular weight is 266 g/mol. The van der Waals surface area contributed by atoms with E-state index in [4.69, 9.17) is 0 Å². The van der Waals surface area contributed by atoms with E-state index in [1.54, 1.807) is 0 Å².